The van der Waals surface area contributed by atoms with Crippen molar-refractivity contribution in [2.75, 3.05) is 67.2 Å². The maximum atomic E-state index is 11.7. The first-order valence-corrected chi connectivity index (χ1v) is 10.8. The summed E-state index contributed by atoms with van der Waals surface area (Å²) in [5.41, 5.74) is -0.304. The zero-order chi connectivity index (χ0) is 19.4. The third-order valence-corrected chi connectivity index (χ3v) is 6.10. The van der Waals surface area contributed by atoms with E-state index < -0.39 is 14.8 Å². The van der Waals surface area contributed by atoms with Crippen LogP contribution < -0.4 is 19.9 Å². The molecule has 3 heterocycles. The molecule has 11 nitrogen and oxygen atoms in total. The molecule has 150 valence electrons. The van der Waals surface area contributed by atoms with Crippen LogP contribution in [0.1, 0.15) is 13.3 Å². The largest absolute Gasteiger partial charge is 0.473 e. The second-order valence-corrected chi connectivity index (χ2v) is 8.79. The molecule has 0 atom stereocenters. The molecule has 0 radical (unpaired) electrons. The van der Waals surface area contributed by atoms with Crippen LogP contribution in [0, 0.1) is 10.1 Å². The fourth-order valence-corrected chi connectivity index (χ4v) is 4.22. The van der Waals surface area contributed by atoms with Crippen molar-refractivity contribution in [3.63, 3.8) is 0 Å². The van der Waals surface area contributed by atoms with Gasteiger partial charge in [0.25, 0.3) is 0 Å². The van der Waals surface area contributed by atoms with E-state index in [4.69, 9.17) is 4.74 Å². The highest BCUT2D eigenvalue weighted by atomic mass is 32.2. The molecule has 2 aliphatic rings. The molecule has 2 fully saturated rings. The van der Waals surface area contributed by atoms with Gasteiger partial charge >= 0.3 is 11.6 Å². The minimum Gasteiger partial charge on any atom is -0.473 e. The number of hydrogen-bond donors (Lipinski definition) is 1. The fraction of sp³-hybridized carbons (Fsp3) is 0.733. The van der Waals surface area contributed by atoms with Crippen LogP contribution in [0.2, 0.25) is 0 Å². The Morgan fingerprint density at radius 3 is 2.41 bits per heavy atom. The van der Waals surface area contributed by atoms with Gasteiger partial charge < -0.3 is 19.9 Å². The van der Waals surface area contributed by atoms with Gasteiger partial charge in [0, 0.05) is 39.3 Å². The second kappa shape index (κ2) is 8.21. The van der Waals surface area contributed by atoms with Gasteiger partial charge in [0.15, 0.2) is 9.84 Å². The van der Waals surface area contributed by atoms with Crippen molar-refractivity contribution in [1.29, 1.82) is 0 Å². The molecule has 2 aliphatic heterocycles. The summed E-state index contributed by atoms with van der Waals surface area (Å²) in [6.07, 6.45) is 0.682. The zero-order valence-electron chi connectivity index (χ0n) is 15.3. The smallest absolute Gasteiger partial charge is 0.373 e. The molecule has 1 N–H and O–H groups in total. The van der Waals surface area contributed by atoms with Crippen LogP contribution in [0.3, 0.4) is 0 Å². The summed E-state index contributed by atoms with van der Waals surface area (Å²) in [5.74, 6) is 0.333. The lowest BCUT2D eigenvalue weighted by Gasteiger charge is -2.30. The van der Waals surface area contributed by atoms with Gasteiger partial charge in [-0.2, -0.15) is 9.97 Å². The third-order valence-electron chi connectivity index (χ3n) is 4.49. The van der Waals surface area contributed by atoms with Gasteiger partial charge in [-0.25, -0.2) is 8.42 Å². The summed E-state index contributed by atoms with van der Waals surface area (Å²) in [7, 11) is -3.12. The van der Waals surface area contributed by atoms with E-state index in [1.54, 1.807) is 4.90 Å². The first kappa shape index (κ1) is 19.5. The highest BCUT2D eigenvalue weighted by molar-refractivity contribution is 7.91. The third kappa shape index (κ3) is 4.56. The fourth-order valence-electron chi connectivity index (χ4n) is 3.02. The van der Waals surface area contributed by atoms with Gasteiger partial charge in [0.1, 0.15) is 0 Å². The van der Waals surface area contributed by atoms with Crippen molar-refractivity contribution in [1.82, 2.24) is 15.3 Å². The molecule has 0 aliphatic carbocycles. The van der Waals surface area contributed by atoms with Crippen LogP contribution in [0.4, 0.5) is 17.5 Å². The molecule has 0 spiro atoms. The molecule has 0 aromatic carbocycles. The SMILES string of the molecule is CCCOc1nc(N2CCNCC2)nc(N2CCS(=O)(=O)CC2)c1[N+](=O)[O-]. The lowest BCUT2D eigenvalue weighted by molar-refractivity contribution is -0.385. The van der Waals surface area contributed by atoms with Crippen molar-refractivity contribution in [3.05, 3.63) is 10.1 Å². The molecule has 0 saturated carbocycles. The number of sulfone groups is 1. The number of nitrogens with one attached hydrogen (secondary N) is 1. The van der Waals surface area contributed by atoms with Gasteiger partial charge in [-0.3, -0.25) is 10.1 Å². The quantitative estimate of drug-likeness (QED) is 0.506. The van der Waals surface area contributed by atoms with Crippen LogP contribution in [-0.2, 0) is 9.84 Å². The van der Waals surface area contributed by atoms with Crippen molar-refractivity contribution >= 4 is 27.3 Å². The average Bonchev–Trinajstić information content (AvgIpc) is 2.66. The van der Waals surface area contributed by atoms with Gasteiger partial charge in [-0.1, -0.05) is 6.92 Å². The highest BCUT2D eigenvalue weighted by Gasteiger charge is 2.34. The Morgan fingerprint density at radius 2 is 1.81 bits per heavy atom. The lowest BCUT2D eigenvalue weighted by atomic mass is 10.3. The Morgan fingerprint density at radius 1 is 1.15 bits per heavy atom. The van der Waals surface area contributed by atoms with Crippen LogP contribution >= 0.6 is 0 Å². The molecule has 0 amide bonds. The Kier molecular flexibility index (Phi) is 5.95. The standard InChI is InChI=1S/C15H24N6O5S/c1-2-9-26-14-12(21(22)23)13(19-7-10-27(24,25)11-8-19)17-15(18-14)20-5-3-16-4-6-20/h16H,2-11H2,1H3. The van der Waals surface area contributed by atoms with E-state index in [0.717, 1.165) is 13.1 Å². The number of aromatic nitrogens is 2. The zero-order valence-corrected chi connectivity index (χ0v) is 16.1. The molecule has 3 rings (SSSR count). The highest BCUT2D eigenvalue weighted by Crippen LogP contribution is 2.37. The van der Waals surface area contributed by atoms with E-state index in [0.29, 0.717) is 32.1 Å². The Labute approximate surface area is 157 Å². The van der Waals surface area contributed by atoms with Gasteiger partial charge in [0.2, 0.25) is 11.8 Å². The normalized spacial score (nSPS) is 19.7. The molecular formula is C15H24N6O5S. The number of hydrogen-bond acceptors (Lipinski definition) is 10. The summed E-state index contributed by atoms with van der Waals surface area (Å²) in [4.78, 5) is 23.6. The molecule has 27 heavy (non-hydrogen) atoms. The maximum Gasteiger partial charge on any atom is 0.373 e. The van der Waals surface area contributed by atoms with Crippen LogP contribution in [0.15, 0.2) is 0 Å². The first-order chi connectivity index (χ1) is 12.9. The van der Waals surface area contributed by atoms with E-state index in [1.807, 2.05) is 11.8 Å². The molecule has 0 bridgehead atoms. The van der Waals surface area contributed by atoms with Crippen LogP contribution in [0.25, 0.3) is 0 Å². The summed E-state index contributed by atoms with van der Waals surface area (Å²) < 4.78 is 29.0. The molecule has 2 saturated heterocycles. The molecule has 1 aromatic heterocycles. The summed E-state index contributed by atoms with van der Waals surface area (Å²) in [6.45, 7) is 5.42. The first-order valence-electron chi connectivity index (χ1n) is 9.01. The predicted molar refractivity (Wildman–Crippen MR) is 100 cm³/mol. The molecular weight excluding hydrogens is 376 g/mol. The number of rotatable bonds is 6. The Bertz CT molecular complexity index is 782. The Balaban J connectivity index is 2.02. The second-order valence-electron chi connectivity index (χ2n) is 6.48. The lowest BCUT2D eigenvalue weighted by Crippen LogP contribution is -2.45. The minimum absolute atomic E-state index is 0.0533. The van der Waals surface area contributed by atoms with E-state index >= 15 is 0 Å². The topological polar surface area (TPSA) is 131 Å². The summed E-state index contributed by atoms with van der Waals surface area (Å²) in [5, 5.41) is 15.0. The monoisotopic (exact) mass is 400 g/mol. The Hall–Kier alpha value is -2.21. The molecule has 1 aromatic rings. The number of anilines is 2. The summed E-state index contributed by atoms with van der Waals surface area (Å²) >= 11 is 0. The number of ether oxygens (including phenoxy) is 1. The van der Waals surface area contributed by atoms with E-state index in [-0.39, 0.29) is 42.0 Å². The van der Waals surface area contributed by atoms with E-state index in [1.165, 1.54) is 0 Å². The minimum atomic E-state index is -3.12. The van der Waals surface area contributed by atoms with Crippen molar-refractivity contribution < 1.29 is 18.1 Å². The van der Waals surface area contributed by atoms with Crippen molar-refractivity contribution in [3.8, 4) is 5.88 Å². The summed E-state index contributed by atoms with van der Waals surface area (Å²) in [6, 6.07) is 0. The maximum absolute atomic E-state index is 11.7. The number of piperazine rings is 1. The van der Waals surface area contributed by atoms with Gasteiger partial charge in [-0.05, 0) is 6.42 Å². The van der Waals surface area contributed by atoms with E-state index in [9.17, 15) is 18.5 Å². The van der Waals surface area contributed by atoms with Crippen molar-refractivity contribution in [2.24, 2.45) is 0 Å². The van der Waals surface area contributed by atoms with Crippen LogP contribution in [-0.4, -0.2) is 80.7 Å². The van der Waals surface area contributed by atoms with Gasteiger partial charge in [-0.15, -0.1) is 0 Å². The number of nitro groups is 1. The van der Waals surface area contributed by atoms with Gasteiger partial charge in [0.05, 0.1) is 23.0 Å². The molecule has 0 unspecified atom stereocenters. The van der Waals surface area contributed by atoms with Crippen LogP contribution in [0.5, 0.6) is 5.88 Å². The van der Waals surface area contributed by atoms with Crippen molar-refractivity contribution in [2.45, 2.75) is 13.3 Å². The van der Waals surface area contributed by atoms with E-state index in [2.05, 4.69) is 15.3 Å². The average molecular weight is 400 g/mol. The number of nitrogens with zero attached hydrogens (tertiary/aromatic N) is 5. The molecule has 12 heteroatoms. The predicted octanol–water partition coefficient (Wildman–Crippen LogP) is -0.182.